The Hall–Kier alpha value is -2.01. The summed E-state index contributed by atoms with van der Waals surface area (Å²) < 4.78 is 34.7. The molecule has 20 heavy (non-hydrogen) atoms. The molecule has 106 valence electrons. The molecular weight excluding hydrogens is 276 g/mol. The zero-order valence-electron chi connectivity index (χ0n) is 11.6. The minimum absolute atomic E-state index is 0.172. The van der Waals surface area contributed by atoms with Gasteiger partial charge in [0.1, 0.15) is 16.4 Å². The lowest BCUT2D eigenvalue weighted by Crippen LogP contribution is -2.11. The predicted octanol–water partition coefficient (Wildman–Crippen LogP) is 3.08. The lowest BCUT2D eigenvalue weighted by atomic mass is 10.2. The van der Waals surface area contributed by atoms with Gasteiger partial charge in [-0.2, -0.15) is 8.42 Å². The summed E-state index contributed by atoms with van der Waals surface area (Å²) in [6, 6.07) is 11.6. The first-order valence-corrected chi connectivity index (χ1v) is 7.49. The third-order valence-corrected chi connectivity index (χ3v) is 4.26. The van der Waals surface area contributed by atoms with Crippen molar-refractivity contribution in [2.75, 3.05) is 7.11 Å². The van der Waals surface area contributed by atoms with Gasteiger partial charge in [-0.25, -0.2) is 0 Å². The van der Waals surface area contributed by atoms with Crippen LogP contribution in [0, 0.1) is 13.8 Å². The molecule has 0 aromatic heterocycles. The maximum Gasteiger partial charge on any atom is 0.339 e. The highest BCUT2D eigenvalue weighted by Gasteiger charge is 2.19. The summed E-state index contributed by atoms with van der Waals surface area (Å²) in [5.41, 5.74) is 1.66. The maximum atomic E-state index is 12.3. The number of methoxy groups -OCH3 is 1. The molecule has 0 spiro atoms. The molecule has 5 heteroatoms. The minimum Gasteiger partial charge on any atom is -0.497 e. The van der Waals surface area contributed by atoms with Gasteiger partial charge in [-0.05, 0) is 37.6 Å². The quantitative estimate of drug-likeness (QED) is 0.813. The monoisotopic (exact) mass is 292 g/mol. The van der Waals surface area contributed by atoms with Crippen LogP contribution in [0.15, 0.2) is 47.4 Å². The van der Waals surface area contributed by atoms with Gasteiger partial charge in [-0.15, -0.1) is 0 Å². The normalized spacial score (nSPS) is 11.2. The molecule has 0 saturated carbocycles. The topological polar surface area (TPSA) is 52.6 Å². The van der Waals surface area contributed by atoms with Crippen molar-refractivity contribution in [3.05, 3.63) is 53.6 Å². The Morgan fingerprint density at radius 3 is 2.30 bits per heavy atom. The molecule has 0 bridgehead atoms. The van der Waals surface area contributed by atoms with E-state index in [0.29, 0.717) is 11.3 Å². The summed E-state index contributed by atoms with van der Waals surface area (Å²) in [5, 5.41) is 0. The molecule has 0 aliphatic carbocycles. The zero-order valence-corrected chi connectivity index (χ0v) is 12.4. The molecule has 0 atom stereocenters. The Labute approximate surface area is 119 Å². The van der Waals surface area contributed by atoms with Crippen molar-refractivity contribution >= 4 is 10.1 Å². The van der Waals surface area contributed by atoms with E-state index < -0.39 is 10.1 Å². The summed E-state index contributed by atoms with van der Waals surface area (Å²) in [5.74, 6) is 0.766. The molecule has 0 fully saturated rings. The van der Waals surface area contributed by atoms with Crippen LogP contribution < -0.4 is 8.92 Å². The maximum absolute atomic E-state index is 12.3. The molecule has 2 rings (SSSR count). The first-order valence-electron chi connectivity index (χ1n) is 6.08. The summed E-state index contributed by atoms with van der Waals surface area (Å²) in [4.78, 5) is 0.172. The van der Waals surface area contributed by atoms with Gasteiger partial charge in [-0.1, -0.05) is 23.8 Å². The summed E-state index contributed by atoms with van der Waals surface area (Å²) in [6.07, 6.45) is 0. The Bertz CT molecular complexity index is 720. The largest absolute Gasteiger partial charge is 0.497 e. The first kappa shape index (κ1) is 14.4. The first-order chi connectivity index (χ1) is 9.42. The smallest absolute Gasteiger partial charge is 0.339 e. The molecular formula is C15H16O4S. The van der Waals surface area contributed by atoms with Crippen LogP contribution in [0.1, 0.15) is 11.1 Å². The van der Waals surface area contributed by atoms with Gasteiger partial charge in [0.05, 0.1) is 7.11 Å². The van der Waals surface area contributed by atoms with E-state index in [1.54, 1.807) is 37.3 Å². The van der Waals surface area contributed by atoms with Crippen LogP contribution in [0.4, 0.5) is 0 Å². The predicted molar refractivity (Wildman–Crippen MR) is 76.7 cm³/mol. The number of benzene rings is 2. The second kappa shape index (κ2) is 5.54. The van der Waals surface area contributed by atoms with Crippen LogP contribution in [-0.4, -0.2) is 15.5 Å². The van der Waals surface area contributed by atoms with Gasteiger partial charge in [-0.3, -0.25) is 0 Å². The Kier molecular flexibility index (Phi) is 3.99. The summed E-state index contributed by atoms with van der Waals surface area (Å²) >= 11 is 0. The third-order valence-electron chi connectivity index (χ3n) is 2.85. The van der Waals surface area contributed by atoms with E-state index in [1.807, 2.05) is 13.0 Å². The lowest BCUT2D eigenvalue weighted by Gasteiger charge is -2.10. The van der Waals surface area contributed by atoms with Crippen LogP contribution in [0.2, 0.25) is 0 Å². The van der Waals surface area contributed by atoms with E-state index in [2.05, 4.69) is 0 Å². The number of ether oxygens (including phenoxy) is 1. The highest BCUT2D eigenvalue weighted by molar-refractivity contribution is 7.87. The second-order valence-corrected chi connectivity index (χ2v) is 6.00. The van der Waals surface area contributed by atoms with Gasteiger partial charge < -0.3 is 8.92 Å². The van der Waals surface area contributed by atoms with E-state index in [9.17, 15) is 8.42 Å². The van der Waals surface area contributed by atoms with E-state index in [0.717, 1.165) is 5.56 Å². The van der Waals surface area contributed by atoms with Crippen LogP contribution in [0.5, 0.6) is 11.5 Å². The van der Waals surface area contributed by atoms with Gasteiger partial charge in [0.2, 0.25) is 0 Å². The molecule has 0 unspecified atom stereocenters. The lowest BCUT2D eigenvalue weighted by molar-refractivity contribution is 0.411. The fourth-order valence-electron chi connectivity index (χ4n) is 1.90. The van der Waals surface area contributed by atoms with Crippen LogP contribution in [0.3, 0.4) is 0 Å². The molecule has 4 nitrogen and oxygen atoms in total. The molecule has 0 aliphatic rings. The summed E-state index contributed by atoms with van der Waals surface area (Å²) in [6.45, 7) is 3.65. The van der Waals surface area contributed by atoms with Crippen molar-refractivity contribution in [2.45, 2.75) is 18.7 Å². The fourth-order valence-corrected chi connectivity index (χ4v) is 3.04. The molecule has 0 N–H and O–H groups in total. The van der Waals surface area contributed by atoms with Crippen LogP contribution in [0.25, 0.3) is 0 Å². The molecule has 0 amide bonds. The van der Waals surface area contributed by atoms with Crippen molar-refractivity contribution in [1.82, 2.24) is 0 Å². The Morgan fingerprint density at radius 1 is 0.950 bits per heavy atom. The molecule has 0 radical (unpaired) electrons. The van der Waals surface area contributed by atoms with E-state index >= 15 is 0 Å². The highest BCUT2D eigenvalue weighted by atomic mass is 32.2. The number of hydrogen-bond donors (Lipinski definition) is 0. The molecule has 0 saturated heterocycles. The summed E-state index contributed by atoms with van der Waals surface area (Å²) in [7, 11) is -2.33. The molecule has 2 aromatic rings. The molecule has 0 aliphatic heterocycles. The van der Waals surface area contributed by atoms with Crippen molar-refractivity contribution < 1.29 is 17.3 Å². The van der Waals surface area contributed by atoms with Crippen molar-refractivity contribution in [3.8, 4) is 11.5 Å². The van der Waals surface area contributed by atoms with Crippen LogP contribution in [-0.2, 0) is 10.1 Å². The average Bonchev–Trinajstić information content (AvgIpc) is 2.37. The number of aryl methyl sites for hydroxylation is 2. The van der Waals surface area contributed by atoms with Gasteiger partial charge in [0.25, 0.3) is 0 Å². The average molecular weight is 292 g/mol. The number of hydrogen-bond acceptors (Lipinski definition) is 4. The van der Waals surface area contributed by atoms with Crippen molar-refractivity contribution in [2.24, 2.45) is 0 Å². The molecule has 0 heterocycles. The van der Waals surface area contributed by atoms with E-state index in [1.165, 1.54) is 13.2 Å². The van der Waals surface area contributed by atoms with Gasteiger partial charge in [0, 0.05) is 6.07 Å². The Morgan fingerprint density at radius 2 is 1.65 bits per heavy atom. The van der Waals surface area contributed by atoms with Gasteiger partial charge >= 0.3 is 10.1 Å². The van der Waals surface area contributed by atoms with Crippen molar-refractivity contribution in [1.29, 1.82) is 0 Å². The zero-order chi connectivity index (χ0) is 14.8. The van der Waals surface area contributed by atoms with Crippen LogP contribution >= 0.6 is 0 Å². The Balaban J connectivity index is 2.35. The number of rotatable bonds is 4. The highest BCUT2D eigenvalue weighted by Crippen LogP contribution is 2.24. The van der Waals surface area contributed by atoms with Gasteiger partial charge in [0.15, 0.2) is 0 Å². The van der Waals surface area contributed by atoms with E-state index in [-0.39, 0.29) is 10.6 Å². The standard InChI is InChI=1S/C15H16O4S/c1-11-7-8-15(12(2)9-11)20(16,17)19-14-6-4-5-13(10-14)18-3/h4-10H,1-3H3. The molecule has 2 aromatic carbocycles. The fraction of sp³-hybridized carbons (Fsp3) is 0.200. The van der Waals surface area contributed by atoms with E-state index in [4.69, 9.17) is 8.92 Å². The SMILES string of the molecule is COc1cccc(OS(=O)(=O)c2ccc(C)cc2C)c1. The minimum atomic E-state index is -3.84. The second-order valence-electron chi connectivity index (χ2n) is 4.49. The third kappa shape index (κ3) is 3.11. The van der Waals surface area contributed by atoms with Crippen molar-refractivity contribution in [3.63, 3.8) is 0 Å².